The van der Waals surface area contributed by atoms with Gasteiger partial charge in [-0.3, -0.25) is 4.21 Å². The van der Waals surface area contributed by atoms with Gasteiger partial charge in [0, 0.05) is 52.2 Å². The highest BCUT2D eigenvalue weighted by molar-refractivity contribution is 7.97. The first-order valence-electron chi connectivity index (χ1n) is 9.36. The van der Waals surface area contributed by atoms with E-state index in [9.17, 15) is 4.21 Å². The predicted octanol–water partition coefficient (Wildman–Crippen LogP) is 4.19. The first-order chi connectivity index (χ1) is 13.0. The van der Waals surface area contributed by atoms with Crippen molar-refractivity contribution in [3.8, 4) is 5.75 Å². The zero-order valence-corrected chi connectivity index (χ0v) is 16.5. The van der Waals surface area contributed by atoms with Crippen LogP contribution in [0.15, 0.2) is 54.7 Å². The molecule has 1 N–H and O–H groups in total. The molecule has 2 aromatic carbocycles. The molecule has 142 valence electrons. The molecule has 5 heteroatoms. The van der Waals surface area contributed by atoms with Crippen molar-refractivity contribution in [3.63, 3.8) is 0 Å². The third-order valence-electron chi connectivity index (χ3n) is 5.37. The molecule has 4 nitrogen and oxygen atoms in total. The molecular formula is C22H26N2O2S. The highest BCUT2D eigenvalue weighted by Gasteiger charge is 2.25. The monoisotopic (exact) mass is 382 g/mol. The summed E-state index contributed by atoms with van der Waals surface area (Å²) in [6.45, 7) is 2.25. The topological polar surface area (TPSA) is 45.3 Å². The highest BCUT2D eigenvalue weighted by atomic mass is 32.2. The highest BCUT2D eigenvalue weighted by Crippen LogP contribution is 2.35. The Morgan fingerprint density at radius 1 is 1.19 bits per heavy atom. The van der Waals surface area contributed by atoms with E-state index in [-0.39, 0.29) is 0 Å². The van der Waals surface area contributed by atoms with Gasteiger partial charge in [0.05, 0.1) is 0 Å². The lowest BCUT2D eigenvalue weighted by molar-refractivity contribution is 0.306. The second kappa shape index (κ2) is 7.41. The Balaban J connectivity index is 1.47. The van der Waals surface area contributed by atoms with Gasteiger partial charge in [0.1, 0.15) is 12.4 Å². The molecule has 0 amide bonds. The maximum atomic E-state index is 12.1. The van der Waals surface area contributed by atoms with Crippen molar-refractivity contribution < 1.29 is 8.95 Å². The third kappa shape index (κ3) is 4.04. The Bertz CT molecular complexity index is 1020. The molecule has 1 aliphatic rings. The molecule has 1 unspecified atom stereocenters. The number of nitrogens with one attached hydrogen (secondary N) is 1. The Morgan fingerprint density at radius 2 is 1.93 bits per heavy atom. The molecule has 0 saturated carbocycles. The number of piperidine rings is 1. The minimum absolute atomic E-state index is 0.493. The van der Waals surface area contributed by atoms with Gasteiger partial charge in [-0.25, -0.2) is 4.31 Å². The first-order valence-corrected chi connectivity index (χ1v) is 11.4. The Labute approximate surface area is 161 Å². The average Bonchev–Trinajstić information content (AvgIpc) is 3.10. The number of ether oxygens (including phenoxy) is 1. The van der Waals surface area contributed by atoms with Crippen LogP contribution in [0.2, 0.25) is 0 Å². The first kappa shape index (κ1) is 18.1. The SMILES string of the molecule is C=S(C)(=O)N1CCC(c2c[nH]c3cc(OCc4ccccc4)ccc23)CC1. The lowest BCUT2D eigenvalue weighted by Gasteiger charge is -2.32. The van der Waals surface area contributed by atoms with Gasteiger partial charge in [-0.2, -0.15) is 0 Å². The van der Waals surface area contributed by atoms with E-state index in [2.05, 4.69) is 41.3 Å². The lowest BCUT2D eigenvalue weighted by Crippen LogP contribution is -2.36. The van der Waals surface area contributed by atoms with Crippen LogP contribution in [0.3, 0.4) is 0 Å². The van der Waals surface area contributed by atoms with Crippen LogP contribution in [0.25, 0.3) is 10.9 Å². The molecule has 27 heavy (non-hydrogen) atoms. The number of nitrogens with zero attached hydrogens (tertiary/aromatic N) is 1. The van der Waals surface area contributed by atoms with Gasteiger partial charge in [0.15, 0.2) is 0 Å². The van der Waals surface area contributed by atoms with E-state index in [1.54, 1.807) is 6.26 Å². The van der Waals surface area contributed by atoms with Crippen LogP contribution in [-0.2, 0) is 16.3 Å². The minimum atomic E-state index is -2.09. The van der Waals surface area contributed by atoms with Crippen molar-refractivity contribution in [2.24, 2.45) is 0 Å². The summed E-state index contributed by atoms with van der Waals surface area (Å²) < 4.78 is 20.1. The smallest absolute Gasteiger partial charge is 0.121 e. The van der Waals surface area contributed by atoms with E-state index in [1.807, 2.05) is 28.6 Å². The molecule has 1 fully saturated rings. The Hall–Kier alpha value is -2.24. The van der Waals surface area contributed by atoms with Crippen LogP contribution in [0.1, 0.15) is 29.9 Å². The number of benzene rings is 2. The quantitative estimate of drug-likeness (QED) is 0.673. The van der Waals surface area contributed by atoms with Crippen LogP contribution < -0.4 is 4.74 Å². The molecule has 2 heterocycles. The molecule has 1 atom stereocenters. The number of H-pyrrole nitrogens is 1. The standard InChI is InChI=1S/C22H26N2O2S/c1-27(2,25)24-12-10-18(11-13-24)21-15-23-22-14-19(8-9-20(21)22)26-16-17-6-4-3-5-7-17/h3-9,14-15,18,23H,1,10-13,16H2,2H3. The molecule has 0 bridgehead atoms. The summed E-state index contributed by atoms with van der Waals surface area (Å²) in [7, 11) is -2.09. The fourth-order valence-corrected chi connectivity index (χ4v) is 4.83. The van der Waals surface area contributed by atoms with Crippen LogP contribution in [0.4, 0.5) is 0 Å². The van der Waals surface area contributed by atoms with E-state index >= 15 is 0 Å². The summed E-state index contributed by atoms with van der Waals surface area (Å²) in [6, 6.07) is 16.5. The number of aromatic amines is 1. The molecule has 3 aromatic rings. The summed E-state index contributed by atoms with van der Waals surface area (Å²) in [5.74, 6) is 5.18. The van der Waals surface area contributed by atoms with E-state index in [4.69, 9.17) is 4.74 Å². The van der Waals surface area contributed by atoms with Crippen molar-refractivity contribution in [2.45, 2.75) is 25.4 Å². The van der Waals surface area contributed by atoms with Gasteiger partial charge >= 0.3 is 0 Å². The molecule has 0 spiro atoms. The number of fused-ring (bicyclic) bond motifs is 1. The number of hydrogen-bond donors (Lipinski definition) is 1. The lowest BCUT2D eigenvalue weighted by atomic mass is 9.90. The molecular weight excluding hydrogens is 356 g/mol. The number of aromatic nitrogens is 1. The summed E-state index contributed by atoms with van der Waals surface area (Å²) in [5.41, 5.74) is 3.62. The van der Waals surface area contributed by atoms with Gasteiger partial charge < -0.3 is 9.72 Å². The van der Waals surface area contributed by atoms with Gasteiger partial charge in [0.25, 0.3) is 0 Å². The van der Waals surface area contributed by atoms with Crippen molar-refractivity contribution in [3.05, 3.63) is 65.9 Å². The molecule has 1 aliphatic heterocycles. The van der Waals surface area contributed by atoms with Crippen LogP contribution in [0.5, 0.6) is 5.75 Å². The largest absolute Gasteiger partial charge is 0.489 e. The molecule has 1 saturated heterocycles. The van der Waals surface area contributed by atoms with Gasteiger partial charge in [0.2, 0.25) is 0 Å². The Morgan fingerprint density at radius 3 is 2.63 bits per heavy atom. The zero-order valence-electron chi connectivity index (χ0n) is 15.7. The summed E-state index contributed by atoms with van der Waals surface area (Å²) in [6.07, 6.45) is 5.88. The minimum Gasteiger partial charge on any atom is -0.489 e. The summed E-state index contributed by atoms with van der Waals surface area (Å²) in [4.78, 5) is 3.40. The zero-order chi connectivity index (χ0) is 18.9. The molecule has 0 radical (unpaired) electrons. The second-order valence-corrected chi connectivity index (χ2v) is 9.82. The third-order valence-corrected chi connectivity index (χ3v) is 6.83. The van der Waals surface area contributed by atoms with E-state index in [0.29, 0.717) is 12.5 Å². The van der Waals surface area contributed by atoms with Gasteiger partial charge in [-0.05, 0) is 47.9 Å². The number of rotatable bonds is 5. The summed E-state index contributed by atoms with van der Waals surface area (Å²) in [5, 5.41) is 1.26. The van der Waals surface area contributed by atoms with Crippen molar-refractivity contribution in [2.75, 3.05) is 19.3 Å². The van der Waals surface area contributed by atoms with Crippen LogP contribution >= 0.6 is 0 Å². The molecule has 0 aliphatic carbocycles. The fourth-order valence-electron chi connectivity index (χ4n) is 3.85. The maximum Gasteiger partial charge on any atom is 0.121 e. The van der Waals surface area contributed by atoms with E-state index in [0.717, 1.165) is 42.8 Å². The predicted molar refractivity (Wildman–Crippen MR) is 114 cm³/mol. The van der Waals surface area contributed by atoms with Crippen LogP contribution in [-0.4, -0.2) is 38.7 Å². The molecule has 4 rings (SSSR count). The maximum absolute atomic E-state index is 12.1. The second-order valence-electron chi connectivity index (χ2n) is 7.39. The fraction of sp³-hybridized carbons (Fsp3) is 0.318. The molecule has 1 aromatic heterocycles. The van der Waals surface area contributed by atoms with E-state index in [1.165, 1.54) is 10.9 Å². The van der Waals surface area contributed by atoms with Gasteiger partial charge in [-0.1, -0.05) is 30.3 Å². The van der Waals surface area contributed by atoms with E-state index < -0.39 is 9.71 Å². The van der Waals surface area contributed by atoms with Crippen molar-refractivity contribution in [1.29, 1.82) is 0 Å². The number of hydrogen-bond acceptors (Lipinski definition) is 2. The van der Waals surface area contributed by atoms with Crippen LogP contribution in [0, 0.1) is 0 Å². The average molecular weight is 383 g/mol. The normalized spacial score (nSPS) is 18.4. The van der Waals surface area contributed by atoms with Crippen molar-refractivity contribution >= 4 is 26.5 Å². The van der Waals surface area contributed by atoms with Crippen molar-refractivity contribution in [1.82, 2.24) is 9.29 Å². The summed E-state index contributed by atoms with van der Waals surface area (Å²) >= 11 is 0. The van der Waals surface area contributed by atoms with Gasteiger partial charge in [-0.15, -0.1) is 0 Å². The Kier molecular flexibility index (Phi) is 4.98.